The summed E-state index contributed by atoms with van der Waals surface area (Å²) in [5.74, 6) is 1.27. The fourth-order valence-electron chi connectivity index (χ4n) is 2.79. The molecule has 1 fully saturated rings. The Morgan fingerprint density at radius 3 is 2.75 bits per heavy atom. The first-order chi connectivity index (χ1) is 9.55. The first kappa shape index (κ1) is 15.2. The van der Waals surface area contributed by atoms with Gasteiger partial charge in [0.1, 0.15) is 11.4 Å². The summed E-state index contributed by atoms with van der Waals surface area (Å²) < 4.78 is 5.68. The number of rotatable bonds is 6. The Morgan fingerprint density at radius 1 is 1.45 bits per heavy atom. The van der Waals surface area contributed by atoms with Gasteiger partial charge in [-0.2, -0.15) is 0 Å². The maximum atomic E-state index is 11.8. The Kier molecular flexibility index (Phi) is 4.94. The third kappa shape index (κ3) is 3.46. The number of hydrogen-bond acceptors (Lipinski definition) is 4. The van der Waals surface area contributed by atoms with E-state index in [1.165, 1.54) is 0 Å². The van der Waals surface area contributed by atoms with Crippen molar-refractivity contribution in [3.05, 3.63) is 27.9 Å². The smallest absolute Gasteiger partial charge is 0.251 e. The zero-order chi connectivity index (χ0) is 14.6. The van der Waals surface area contributed by atoms with E-state index in [-0.39, 0.29) is 5.56 Å². The molecule has 5 nitrogen and oxygen atoms in total. The number of aromatic amines is 1. The van der Waals surface area contributed by atoms with Gasteiger partial charge in [0, 0.05) is 19.7 Å². The molecule has 2 N–H and O–H groups in total. The second-order valence-electron chi connectivity index (χ2n) is 6.02. The Hall–Kier alpha value is -1.20. The molecule has 0 amide bonds. The van der Waals surface area contributed by atoms with Gasteiger partial charge in [-0.25, -0.2) is 4.98 Å². The van der Waals surface area contributed by atoms with Gasteiger partial charge in [0.05, 0.1) is 5.69 Å². The average Bonchev–Trinajstić information content (AvgIpc) is 2.87. The SMILES string of the molecule is COC1(c2nc(CNCC(C)C)cc(=O)[nH]2)CCCC1. The van der Waals surface area contributed by atoms with Crippen molar-refractivity contribution >= 4 is 0 Å². The zero-order valence-corrected chi connectivity index (χ0v) is 12.7. The summed E-state index contributed by atoms with van der Waals surface area (Å²) in [6.45, 7) is 5.85. The van der Waals surface area contributed by atoms with Crippen molar-refractivity contribution in [2.45, 2.75) is 51.7 Å². The lowest BCUT2D eigenvalue weighted by Gasteiger charge is -2.26. The average molecular weight is 279 g/mol. The highest BCUT2D eigenvalue weighted by molar-refractivity contribution is 5.10. The predicted molar refractivity (Wildman–Crippen MR) is 78.6 cm³/mol. The molecule has 0 atom stereocenters. The van der Waals surface area contributed by atoms with Gasteiger partial charge in [0.15, 0.2) is 0 Å². The maximum absolute atomic E-state index is 11.8. The second kappa shape index (κ2) is 6.50. The van der Waals surface area contributed by atoms with Crippen molar-refractivity contribution in [3.8, 4) is 0 Å². The summed E-state index contributed by atoms with van der Waals surface area (Å²) in [5.41, 5.74) is 0.292. The number of H-pyrrole nitrogens is 1. The molecule has 0 bridgehead atoms. The molecule has 1 aliphatic carbocycles. The summed E-state index contributed by atoms with van der Waals surface area (Å²) >= 11 is 0. The Morgan fingerprint density at radius 2 is 2.15 bits per heavy atom. The minimum Gasteiger partial charge on any atom is -0.370 e. The maximum Gasteiger partial charge on any atom is 0.251 e. The molecule has 1 aliphatic rings. The van der Waals surface area contributed by atoms with Crippen molar-refractivity contribution in [3.63, 3.8) is 0 Å². The molecule has 0 radical (unpaired) electrons. The number of aromatic nitrogens is 2. The van der Waals surface area contributed by atoms with Gasteiger partial charge in [-0.05, 0) is 38.1 Å². The minimum absolute atomic E-state index is 0.0975. The molecule has 112 valence electrons. The molecule has 1 saturated carbocycles. The molecule has 0 aromatic carbocycles. The van der Waals surface area contributed by atoms with Gasteiger partial charge in [-0.15, -0.1) is 0 Å². The van der Waals surface area contributed by atoms with Crippen LogP contribution in [0, 0.1) is 5.92 Å². The van der Waals surface area contributed by atoms with Crippen LogP contribution in [-0.2, 0) is 16.9 Å². The first-order valence-electron chi connectivity index (χ1n) is 7.42. The molecule has 0 saturated heterocycles. The lowest BCUT2D eigenvalue weighted by molar-refractivity contribution is -0.0166. The summed E-state index contributed by atoms with van der Waals surface area (Å²) in [6, 6.07) is 1.56. The molecule has 0 unspecified atom stereocenters. The molecule has 0 spiro atoms. The number of hydrogen-bond donors (Lipinski definition) is 2. The van der Waals surface area contributed by atoms with E-state index in [2.05, 4.69) is 29.1 Å². The van der Waals surface area contributed by atoms with E-state index < -0.39 is 5.60 Å². The van der Waals surface area contributed by atoms with Crippen molar-refractivity contribution in [2.24, 2.45) is 5.92 Å². The van der Waals surface area contributed by atoms with Crippen LogP contribution < -0.4 is 10.9 Å². The second-order valence-corrected chi connectivity index (χ2v) is 6.02. The van der Waals surface area contributed by atoms with E-state index in [4.69, 9.17) is 4.74 Å². The van der Waals surface area contributed by atoms with E-state index in [9.17, 15) is 4.79 Å². The van der Waals surface area contributed by atoms with Crippen molar-refractivity contribution < 1.29 is 4.74 Å². The van der Waals surface area contributed by atoms with Gasteiger partial charge >= 0.3 is 0 Å². The number of ether oxygens (including phenoxy) is 1. The van der Waals surface area contributed by atoms with Crippen LogP contribution >= 0.6 is 0 Å². The molecular formula is C15H25N3O2. The molecule has 1 aromatic rings. The normalized spacial score (nSPS) is 17.8. The number of methoxy groups -OCH3 is 1. The number of nitrogens with one attached hydrogen (secondary N) is 2. The highest BCUT2D eigenvalue weighted by Crippen LogP contribution is 2.39. The summed E-state index contributed by atoms with van der Waals surface area (Å²) in [5, 5.41) is 3.32. The van der Waals surface area contributed by atoms with E-state index in [1.54, 1.807) is 13.2 Å². The van der Waals surface area contributed by atoms with Crippen LogP contribution in [0.3, 0.4) is 0 Å². The van der Waals surface area contributed by atoms with Crippen LogP contribution in [0.25, 0.3) is 0 Å². The van der Waals surface area contributed by atoms with Crippen molar-refractivity contribution in [2.75, 3.05) is 13.7 Å². The van der Waals surface area contributed by atoms with Crippen LogP contribution in [0.4, 0.5) is 0 Å². The third-order valence-electron chi connectivity index (χ3n) is 3.89. The van der Waals surface area contributed by atoms with Crippen LogP contribution in [0.1, 0.15) is 51.0 Å². The molecule has 1 aromatic heterocycles. The van der Waals surface area contributed by atoms with Gasteiger partial charge in [-0.1, -0.05) is 13.8 Å². The predicted octanol–water partition coefficient (Wildman–Crippen LogP) is 1.93. The highest BCUT2D eigenvalue weighted by Gasteiger charge is 2.38. The zero-order valence-electron chi connectivity index (χ0n) is 12.7. The standard InChI is InChI=1S/C15H25N3O2/c1-11(2)9-16-10-12-8-13(19)18-14(17-12)15(20-3)6-4-5-7-15/h8,11,16H,4-7,9-10H2,1-3H3,(H,17,18,19). The fraction of sp³-hybridized carbons (Fsp3) is 0.733. The topological polar surface area (TPSA) is 67.0 Å². The summed E-state index contributed by atoms with van der Waals surface area (Å²) in [4.78, 5) is 19.3. The van der Waals surface area contributed by atoms with Crippen molar-refractivity contribution in [1.82, 2.24) is 15.3 Å². The molecule has 0 aliphatic heterocycles. The highest BCUT2D eigenvalue weighted by atomic mass is 16.5. The fourth-order valence-corrected chi connectivity index (χ4v) is 2.79. The number of nitrogens with zero attached hydrogens (tertiary/aromatic N) is 1. The van der Waals surface area contributed by atoms with E-state index in [0.29, 0.717) is 18.3 Å². The minimum atomic E-state index is -0.396. The van der Waals surface area contributed by atoms with Crippen molar-refractivity contribution in [1.29, 1.82) is 0 Å². The van der Waals surface area contributed by atoms with Gasteiger partial charge < -0.3 is 15.0 Å². The molecule has 2 rings (SSSR count). The lowest BCUT2D eigenvalue weighted by Crippen LogP contribution is -2.31. The monoisotopic (exact) mass is 279 g/mol. The van der Waals surface area contributed by atoms with Gasteiger partial charge in [-0.3, -0.25) is 4.79 Å². The van der Waals surface area contributed by atoms with Crippen LogP contribution in [0.2, 0.25) is 0 Å². The Balaban J connectivity index is 2.18. The largest absolute Gasteiger partial charge is 0.370 e. The third-order valence-corrected chi connectivity index (χ3v) is 3.89. The lowest BCUT2D eigenvalue weighted by atomic mass is 10.0. The van der Waals surface area contributed by atoms with Crippen LogP contribution in [0.5, 0.6) is 0 Å². The molecule has 5 heteroatoms. The Bertz CT molecular complexity index is 490. The van der Waals surface area contributed by atoms with Gasteiger partial charge in [0.2, 0.25) is 0 Å². The first-order valence-corrected chi connectivity index (χ1v) is 7.42. The molecular weight excluding hydrogens is 254 g/mol. The van der Waals surface area contributed by atoms with E-state index >= 15 is 0 Å². The van der Waals surface area contributed by atoms with Crippen LogP contribution in [0.15, 0.2) is 10.9 Å². The summed E-state index contributed by atoms with van der Waals surface area (Å²) in [6.07, 6.45) is 4.09. The van der Waals surface area contributed by atoms with E-state index in [0.717, 1.165) is 37.9 Å². The Labute approximate surface area is 120 Å². The van der Waals surface area contributed by atoms with E-state index in [1.807, 2.05) is 0 Å². The summed E-state index contributed by atoms with van der Waals surface area (Å²) in [7, 11) is 1.70. The molecule has 20 heavy (non-hydrogen) atoms. The van der Waals surface area contributed by atoms with Gasteiger partial charge in [0.25, 0.3) is 5.56 Å². The van der Waals surface area contributed by atoms with Crippen LogP contribution in [-0.4, -0.2) is 23.6 Å². The quantitative estimate of drug-likeness (QED) is 0.835. The molecule has 1 heterocycles.